The van der Waals surface area contributed by atoms with Gasteiger partial charge < -0.3 is 39.2 Å². The Labute approximate surface area is 286 Å². The van der Waals surface area contributed by atoms with Crippen LogP contribution >= 0.6 is 23.1 Å². The van der Waals surface area contributed by atoms with Crippen molar-refractivity contribution < 1.29 is 18.8 Å². The zero-order valence-electron chi connectivity index (χ0n) is 28.7. The smallest absolute Gasteiger partial charge is 0.229 e. The molecule has 0 amide bonds. The van der Waals surface area contributed by atoms with Gasteiger partial charge in [0.15, 0.2) is 11.5 Å². The van der Waals surface area contributed by atoms with Gasteiger partial charge in [0, 0.05) is 56.2 Å². The summed E-state index contributed by atoms with van der Waals surface area (Å²) < 4.78 is 32.3. The highest BCUT2D eigenvalue weighted by Crippen LogP contribution is 2.48. The number of aryl methyl sites for hydroxylation is 1. The van der Waals surface area contributed by atoms with Crippen molar-refractivity contribution in [2.75, 3.05) is 82.9 Å². The molecule has 2 saturated heterocycles. The minimum absolute atomic E-state index is 0.357. The number of hydrogen-bond donors (Lipinski definition) is 2. The number of halogens is 1. The van der Waals surface area contributed by atoms with E-state index in [-0.39, 0.29) is 0 Å². The molecule has 47 heavy (non-hydrogen) atoms. The Morgan fingerprint density at radius 1 is 1.11 bits per heavy atom. The third-order valence-electron chi connectivity index (χ3n) is 9.29. The molecule has 13 heteroatoms. The van der Waals surface area contributed by atoms with E-state index in [9.17, 15) is 4.57 Å². The van der Waals surface area contributed by atoms with Crippen LogP contribution in [0, 0.1) is 6.92 Å². The number of fused-ring (bicyclic) bond motifs is 1. The minimum Gasteiger partial charge on any atom is -0.494 e. The quantitative estimate of drug-likeness (QED) is 0.252. The first kappa shape index (κ1) is 33.8. The van der Waals surface area contributed by atoms with E-state index in [1.54, 1.807) is 26.6 Å². The fourth-order valence-electron chi connectivity index (χ4n) is 6.61. The van der Waals surface area contributed by atoms with Crippen LogP contribution in [0.2, 0.25) is 0 Å². The number of nitrogens with zero attached hydrogens (tertiary/aromatic N) is 5. The number of methoxy groups -OCH3 is 1. The number of benzene rings is 2. The molecular formula is C34H47BrN7O4P. The molecule has 3 aliphatic heterocycles. The summed E-state index contributed by atoms with van der Waals surface area (Å²) in [5, 5.41) is 7.33. The second kappa shape index (κ2) is 13.1. The molecular weight excluding hydrogens is 681 g/mol. The topological polar surface area (TPSA) is 104 Å². The summed E-state index contributed by atoms with van der Waals surface area (Å²) in [6, 6.07) is 9.26. The molecule has 3 aliphatic rings. The number of piperidine rings is 1. The Kier molecular flexibility index (Phi) is 9.43. The van der Waals surface area contributed by atoms with Crippen molar-refractivity contribution in [3.63, 3.8) is 0 Å². The van der Waals surface area contributed by atoms with Crippen molar-refractivity contribution >= 4 is 57.2 Å². The minimum atomic E-state index is -2.79. The predicted molar refractivity (Wildman–Crippen MR) is 194 cm³/mol. The first-order chi connectivity index (χ1) is 22.2. The fraction of sp³-hybridized carbons (Fsp3) is 0.529. The highest BCUT2D eigenvalue weighted by Gasteiger charge is 2.36. The lowest BCUT2D eigenvalue weighted by atomic mass is 9.96. The Balaban J connectivity index is 1.19. The maximum Gasteiger partial charge on any atom is 0.229 e. The van der Waals surface area contributed by atoms with Crippen LogP contribution in [-0.4, -0.2) is 105 Å². The van der Waals surface area contributed by atoms with E-state index in [4.69, 9.17) is 19.2 Å². The van der Waals surface area contributed by atoms with E-state index >= 15 is 0 Å². The molecule has 254 valence electrons. The number of likely N-dealkylation sites (tertiary alicyclic amines) is 1. The van der Waals surface area contributed by atoms with Gasteiger partial charge in [-0.25, -0.2) is 4.98 Å². The standard InChI is InChI=1S/C34H47BrN7O4P/c1-21-15-26(29(44-6)16-27(21)41-13-11-22(12-14-41)42-18-23(19-42)40(4)5)38-33-36-17-24(35)32(39-33)37-25-9-10-28-30(31(25)47(7,8)43)45-20-34(2,3)46-28/h9-10,15-17,22-23H,11-14,18-20H2,1-8H3,(H2,36,37,38,39). The monoisotopic (exact) mass is 727 g/mol. The largest absolute Gasteiger partial charge is 0.494 e. The van der Waals surface area contributed by atoms with Crippen molar-refractivity contribution in [3.8, 4) is 17.2 Å². The van der Waals surface area contributed by atoms with E-state index in [1.165, 1.54) is 31.6 Å². The van der Waals surface area contributed by atoms with Gasteiger partial charge in [0.05, 0.1) is 28.3 Å². The molecule has 3 aromatic rings. The fourth-order valence-corrected chi connectivity index (χ4v) is 8.28. The van der Waals surface area contributed by atoms with Crippen LogP contribution in [0.25, 0.3) is 0 Å². The maximum absolute atomic E-state index is 13.5. The summed E-state index contributed by atoms with van der Waals surface area (Å²) >= 11 is 3.59. The summed E-state index contributed by atoms with van der Waals surface area (Å²) in [7, 11) is 3.24. The van der Waals surface area contributed by atoms with Crippen molar-refractivity contribution in [1.82, 2.24) is 19.8 Å². The summed E-state index contributed by atoms with van der Waals surface area (Å²) in [4.78, 5) is 16.8. The van der Waals surface area contributed by atoms with Gasteiger partial charge >= 0.3 is 0 Å². The van der Waals surface area contributed by atoms with Crippen LogP contribution in [0.4, 0.5) is 28.8 Å². The lowest BCUT2D eigenvalue weighted by Crippen LogP contribution is -2.62. The number of hydrogen-bond acceptors (Lipinski definition) is 11. The molecule has 0 atom stereocenters. The Morgan fingerprint density at radius 3 is 2.49 bits per heavy atom. The van der Waals surface area contributed by atoms with E-state index in [0.29, 0.717) is 57.4 Å². The summed E-state index contributed by atoms with van der Waals surface area (Å²) in [6.45, 7) is 14.3. The molecule has 6 rings (SSSR count). The van der Waals surface area contributed by atoms with Gasteiger partial charge in [0.1, 0.15) is 30.9 Å². The third kappa shape index (κ3) is 7.21. The second-order valence-electron chi connectivity index (χ2n) is 14.1. The number of anilines is 5. The molecule has 0 radical (unpaired) electrons. The molecule has 11 nitrogen and oxygen atoms in total. The molecule has 2 aromatic carbocycles. The van der Waals surface area contributed by atoms with E-state index in [2.05, 4.69) is 79.4 Å². The summed E-state index contributed by atoms with van der Waals surface area (Å²) in [6.07, 6.45) is 4.02. The third-order valence-corrected chi connectivity index (χ3v) is 11.4. The molecule has 0 bridgehead atoms. The van der Waals surface area contributed by atoms with Gasteiger partial charge in [-0.15, -0.1) is 0 Å². The van der Waals surface area contributed by atoms with E-state index in [0.717, 1.165) is 30.1 Å². The van der Waals surface area contributed by atoms with Crippen LogP contribution in [0.15, 0.2) is 34.9 Å². The van der Waals surface area contributed by atoms with Gasteiger partial charge in [-0.1, -0.05) is 0 Å². The molecule has 0 spiro atoms. The number of aromatic nitrogens is 2. The lowest BCUT2D eigenvalue weighted by Gasteiger charge is -2.49. The number of ether oxygens (including phenoxy) is 3. The molecule has 2 N–H and O–H groups in total. The molecule has 1 aromatic heterocycles. The Hall–Kier alpha value is -3.05. The van der Waals surface area contributed by atoms with Gasteiger partial charge in [-0.3, -0.25) is 4.90 Å². The van der Waals surface area contributed by atoms with Crippen LogP contribution < -0.4 is 35.0 Å². The van der Waals surface area contributed by atoms with Crippen molar-refractivity contribution in [2.24, 2.45) is 0 Å². The van der Waals surface area contributed by atoms with Crippen molar-refractivity contribution in [3.05, 3.63) is 40.5 Å². The van der Waals surface area contributed by atoms with Crippen LogP contribution in [0.1, 0.15) is 32.3 Å². The zero-order valence-corrected chi connectivity index (χ0v) is 31.2. The Morgan fingerprint density at radius 2 is 1.83 bits per heavy atom. The average Bonchev–Trinajstić information content (AvgIpc) is 2.97. The van der Waals surface area contributed by atoms with E-state index in [1.807, 2.05) is 26.0 Å². The van der Waals surface area contributed by atoms with Crippen LogP contribution in [0.5, 0.6) is 17.2 Å². The summed E-state index contributed by atoms with van der Waals surface area (Å²) in [5.41, 5.74) is 3.29. The second-order valence-corrected chi connectivity index (χ2v) is 18.1. The zero-order chi connectivity index (χ0) is 33.7. The van der Waals surface area contributed by atoms with Gasteiger partial charge in [-0.05, 0) is 101 Å². The highest BCUT2D eigenvalue weighted by atomic mass is 79.9. The van der Waals surface area contributed by atoms with Gasteiger partial charge in [-0.2, -0.15) is 4.98 Å². The highest BCUT2D eigenvalue weighted by molar-refractivity contribution is 9.10. The molecule has 2 fully saturated rings. The van der Waals surface area contributed by atoms with Crippen LogP contribution in [-0.2, 0) is 4.57 Å². The number of likely N-dealkylation sites (N-methyl/N-ethyl adjacent to an activating group) is 1. The predicted octanol–water partition coefficient (Wildman–Crippen LogP) is 6.06. The maximum atomic E-state index is 13.5. The van der Waals surface area contributed by atoms with Crippen molar-refractivity contribution in [1.29, 1.82) is 0 Å². The van der Waals surface area contributed by atoms with Crippen LogP contribution in [0.3, 0.4) is 0 Å². The first-order valence-corrected chi connectivity index (χ1v) is 19.6. The summed E-state index contributed by atoms with van der Waals surface area (Å²) in [5.74, 6) is 2.72. The normalized spacial score (nSPS) is 18.6. The lowest BCUT2D eigenvalue weighted by molar-refractivity contribution is 0.0188. The first-order valence-electron chi connectivity index (χ1n) is 16.2. The van der Waals surface area contributed by atoms with Gasteiger partial charge in [0.25, 0.3) is 0 Å². The van der Waals surface area contributed by atoms with Gasteiger partial charge in [0.2, 0.25) is 5.95 Å². The number of nitrogens with one attached hydrogen (secondary N) is 2. The number of rotatable bonds is 9. The molecule has 0 aliphatic carbocycles. The van der Waals surface area contributed by atoms with Crippen molar-refractivity contribution in [2.45, 2.75) is 51.3 Å². The average molecular weight is 729 g/mol. The molecule has 0 saturated carbocycles. The van der Waals surface area contributed by atoms with E-state index < -0.39 is 12.7 Å². The molecule has 0 unspecified atom stereocenters. The molecule has 4 heterocycles. The Bertz CT molecular complexity index is 1680. The SMILES string of the molecule is COc1cc(N2CCC(N3CC(N(C)C)C3)CC2)c(C)cc1Nc1ncc(Br)c(Nc2ccc3c(c2P(C)(C)=O)OCC(C)(C)O3)n1.